The molecule has 37 heavy (non-hydrogen) atoms. The van der Waals surface area contributed by atoms with Crippen LogP contribution in [0.2, 0.25) is 5.02 Å². The molecule has 0 aliphatic carbocycles. The largest absolute Gasteiger partial charge is 0.348 e. The number of β-lactam (4-membered cyclic amide) rings is 1. The van der Waals surface area contributed by atoms with Gasteiger partial charge in [-0.05, 0) is 65.1 Å². The minimum Gasteiger partial charge on any atom is -0.348 e. The second-order valence-electron chi connectivity index (χ2n) is 10.3. The molecule has 1 fully saturated rings. The van der Waals surface area contributed by atoms with Gasteiger partial charge in [-0.15, -0.1) is 0 Å². The number of carbonyl (C=O) groups excluding carboxylic acids is 2. The molecule has 194 valence electrons. The molecule has 1 aliphatic rings. The zero-order valence-corrected chi connectivity index (χ0v) is 22.9. The molecule has 1 N–H and O–H groups in total. The summed E-state index contributed by atoms with van der Waals surface area (Å²) in [6, 6.07) is 21.0. The maximum absolute atomic E-state index is 13.2. The molecule has 8 heteroatoms. The molecule has 1 heterocycles. The van der Waals surface area contributed by atoms with Crippen molar-refractivity contribution in [3.05, 3.63) is 94.5 Å². The first-order valence-corrected chi connectivity index (χ1v) is 14.2. The van der Waals surface area contributed by atoms with E-state index in [0.29, 0.717) is 10.6 Å². The zero-order chi connectivity index (χ0) is 27.0. The fraction of sp³-hybridized carbons (Fsp3) is 0.310. The van der Waals surface area contributed by atoms with Crippen LogP contribution >= 0.6 is 11.6 Å². The maximum atomic E-state index is 13.2. The molecule has 1 saturated heterocycles. The summed E-state index contributed by atoms with van der Waals surface area (Å²) in [4.78, 5) is 28.0. The Kier molecular flexibility index (Phi) is 7.49. The minimum atomic E-state index is -3.26. The summed E-state index contributed by atoms with van der Waals surface area (Å²) in [6.45, 7) is 8.08. The number of hydrogen-bond donors (Lipinski definition) is 1. The number of halogens is 1. The van der Waals surface area contributed by atoms with Gasteiger partial charge in [-0.3, -0.25) is 9.59 Å². The van der Waals surface area contributed by atoms with Crippen molar-refractivity contribution in [2.24, 2.45) is 11.3 Å². The molecule has 2 amide bonds. The molecule has 0 bridgehead atoms. The summed E-state index contributed by atoms with van der Waals surface area (Å²) in [5, 5.41) is 3.50. The Hall–Kier alpha value is -3.16. The van der Waals surface area contributed by atoms with Crippen molar-refractivity contribution in [2.45, 2.75) is 45.2 Å². The molecule has 4 rings (SSSR count). The summed E-state index contributed by atoms with van der Waals surface area (Å²) < 4.78 is 23.9. The lowest BCUT2D eigenvalue weighted by Gasteiger charge is -2.52. The Bertz CT molecular complexity index is 1390. The van der Waals surface area contributed by atoms with Gasteiger partial charge in [0.25, 0.3) is 5.91 Å². The Labute approximate surface area is 223 Å². The number of nitrogens with zero attached hydrogens (tertiary/aromatic N) is 1. The van der Waals surface area contributed by atoms with Crippen LogP contribution in [0.5, 0.6) is 0 Å². The average molecular weight is 539 g/mol. The van der Waals surface area contributed by atoms with E-state index in [9.17, 15) is 18.0 Å². The van der Waals surface area contributed by atoms with Gasteiger partial charge in [0, 0.05) is 22.8 Å². The zero-order valence-electron chi connectivity index (χ0n) is 21.4. The molecule has 0 spiro atoms. The number of rotatable bonds is 7. The Morgan fingerprint density at radius 1 is 0.946 bits per heavy atom. The number of carbonyl (C=O) groups is 2. The van der Waals surface area contributed by atoms with E-state index in [2.05, 4.69) is 26.1 Å². The molecule has 2 atom stereocenters. The van der Waals surface area contributed by atoms with E-state index in [-0.39, 0.29) is 46.4 Å². The summed E-state index contributed by atoms with van der Waals surface area (Å²) in [5.41, 5.74) is 2.80. The summed E-state index contributed by atoms with van der Waals surface area (Å²) >= 11 is 6.09. The van der Waals surface area contributed by atoms with Gasteiger partial charge in [0.15, 0.2) is 9.84 Å². The van der Waals surface area contributed by atoms with Gasteiger partial charge in [-0.1, -0.05) is 63.6 Å². The SMILES string of the molecule is CCS(=O)(=O)c1ccc(CNC(=O)c2ccc(N3C(=O)[C@H](C(C)(C)C)[C@H]3c3ccc(Cl)cc3)cc2)cc1. The minimum absolute atomic E-state index is 0.0411. The smallest absolute Gasteiger partial charge is 0.251 e. The summed E-state index contributed by atoms with van der Waals surface area (Å²) in [6.07, 6.45) is 0. The molecule has 1 aliphatic heterocycles. The predicted molar refractivity (Wildman–Crippen MR) is 146 cm³/mol. The Morgan fingerprint density at radius 2 is 1.54 bits per heavy atom. The molecule has 0 aromatic heterocycles. The van der Waals surface area contributed by atoms with Gasteiger partial charge in [-0.25, -0.2) is 8.42 Å². The highest BCUT2D eigenvalue weighted by Crippen LogP contribution is 2.51. The van der Waals surface area contributed by atoms with E-state index in [1.54, 1.807) is 60.4 Å². The number of amides is 2. The summed E-state index contributed by atoms with van der Waals surface area (Å²) in [5.74, 6) is -0.332. The van der Waals surface area contributed by atoms with E-state index in [1.807, 2.05) is 24.3 Å². The molecule has 3 aromatic carbocycles. The molecule has 6 nitrogen and oxygen atoms in total. The third-order valence-corrected chi connectivity index (χ3v) is 8.77. The van der Waals surface area contributed by atoms with Crippen LogP contribution in [0.15, 0.2) is 77.7 Å². The van der Waals surface area contributed by atoms with Crippen molar-refractivity contribution in [3.8, 4) is 0 Å². The highest BCUT2D eigenvalue weighted by molar-refractivity contribution is 7.91. The average Bonchev–Trinajstić information content (AvgIpc) is 2.86. The predicted octanol–water partition coefficient (Wildman–Crippen LogP) is 5.81. The first-order chi connectivity index (χ1) is 17.4. The standard InChI is InChI=1S/C29H31ClN2O4S/c1-5-37(35,36)24-16-6-19(7-17-24)18-31-27(33)21-10-14-23(15-11-21)32-26(20-8-12-22(30)13-9-20)25(28(32)34)29(2,3)4/h6-17,25-26H,5,18H2,1-4H3,(H,31,33)/t25-,26-/m1/s1. The van der Waals surface area contributed by atoms with E-state index in [1.165, 1.54) is 0 Å². The number of benzene rings is 3. The Balaban J connectivity index is 1.47. The van der Waals surface area contributed by atoms with Gasteiger partial charge in [-0.2, -0.15) is 0 Å². The van der Waals surface area contributed by atoms with Gasteiger partial charge < -0.3 is 10.2 Å². The van der Waals surface area contributed by atoms with Crippen LogP contribution in [0.3, 0.4) is 0 Å². The normalized spacial score (nSPS) is 17.9. The van der Waals surface area contributed by atoms with Crippen LogP contribution in [-0.2, 0) is 21.2 Å². The molecule has 3 aromatic rings. The lowest BCUT2D eigenvalue weighted by atomic mass is 9.67. The Morgan fingerprint density at radius 3 is 2.08 bits per heavy atom. The highest BCUT2D eigenvalue weighted by Gasteiger charge is 2.53. The van der Waals surface area contributed by atoms with E-state index >= 15 is 0 Å². The first kappa shape index (κ1) is 26.9. The van der Waals surface area contributed by atoms with Gasteiger partial charge >= 0.3 is 0 Å². The van der Waals surface area contributed by atoms with Crippen molar-refractivity contribution in [3.63, 3.8) is 0 Å². The number of hydrogen-bond acceptors (Lipinski definition) is 4. The highest BCUT2D eigenvalue weighted by atomic mass is 35.5. The monoisotopic (exact) mass is 538 g/mol. The van der Waals surface area contributed by atoms with Crippen LogP contribution < -0.4 is 10.2 Å². The van der Waals surface area contributed by atoms with Crippen molar-refractivity contribution in [1.82, 2.24) is 5.32 Å². The van der Waals surface area contributed by atoms with Crippen molar-refractivity contribution in [2.75, 3.05) is 10.7 Å². The second-order valence-corrected chi connectivity index (χ2v) is 13.0. The second kappa shape index (κ2) is 10.3. The quantitative estimate of drug-likeness (QED) is 0.384. The van der Waals surface area contributed by atoms with Gasteiger partial charge in [0.05, 0.1) is 22.6 Å². The topological polar surface area (TPSA) is 83.6 Å². The lowest BCUT2D eigenvalue weighted by Crippen LogP contribution is -2.59. The van der Waals surface area contributed by atoms with E-state index in [4.69, 9.17) is 11.6 Å². The number of sulfone groups is 1. The van der Waals surface area contributed by atoms with E-state index in [0.717, 1.165) is 16.8 Å². The first-order valence-electron chi connectivity index (χ1n) is 12.2. The molecular weight excluding hydrogens is 508 g/mol. The maximum Gasteiger partial charge on any atom is 0.251 e. The van der Waals surface area contributed by atoms with Crippen molar-refractivity contribution >= 4 is 38.9 Å². The van der Waals surface area contributed by atoms with Crippen molar-refractivity contribution < 1.29 is 18.0 Å². The van der Waals surface area contributed by atoms with Crippen LogP contribution in [-0.4, -0.2) is 26.0 Å². The third kappa shape index (κ3) is 5.58. The number of anilines is 1. The third-order valence-electron chi connectivity index (χ3n) is 6.77. The summed E-state index contributed by atoms with van der Waals surface area (Å²) in [7, 11) is -3.26. The van der Waals surface area contributed by atoms with Gasteiger partial charge in [0.2, 0.25) is 5.91 Å². The molecule has 0 unspecified atom stereocenters. The van der Waals surface area contributed by atoms with Crippen LogP contribution in [0.25, 0.3) is 0 Å². The lowest BCUT2D eigenvalue weighted by molar-refractivity contribution is -0.135. The van der Waals surface area contributed by atoms with Crippen LogP contribution in [0, 0.1) is 11.3 Å². The fourth-order valence-corrected chi connectivity index (χ4v) is 5.67. The van der Waals surface area contributed by atoms with E-state index < -0.39 is 9.84 Å². The number of nitrogens with one attached hydrogen (secondary N) is 1. The molecule has 0 saturated carbocycles. The fourth-order valence-electron chi connectivity index (χ4n) is 4.66. The van der Waals surface area contributed by atoms with Crippen LogP contribution in [0.1, 0.15) is 55.2 Å². The molecule has 0 radical (unpaired) electrons. The van der Waals surface area contributed by atoms with Crippen molar-refractivity contribution in [1.29, 1.82) is 0 Å². The molecular formula is C29H31ClN2O4S. The van der Waals surface area contributed by atoms with Crippen LogP contribution in [0.4, 0.5) is 5.69 Å². The van der Waals surface area contributed by atoms with Gasteiger partial charge in [0.1, 0.15) is 0 Å².